The van der Waals surface area contributed by atoms with E-state index in [2.05, 4.69) is 21.2 Å². The first-order valence-corrected chi connectivity index (χ1v) is 5.99. The number of nitrogens with one attached hydrogen (secondary N) is 1. The Bertz CT molecular complexity index is 447. The highest BCUT2D eigenvalue weighted by molar-refractivity contribution is 9.10. The Morgan fingerprint density at radius 2 is 2.06 bits per heavy atom. The molecule has 1 aromatic rings. The molecule has 0 fully saturated rings. The van der Waals surface area contributed by atoms with E-state index in [-0.39, 0.29) is 5.69 Å². The van der Waals surface area contributed by atoms with E-state index in [0.29, 0.717) is 18.6 Å². The van der Waals surface area contributed by atoms with Crippen LogP contribution in [0.5, 0.6) is 0 Å². The number of carbonyl (C=O) groups is 1. The summed E-state index contributed by atoms with van der Waals surface area (Å²) in [5.74, 6) is -1.84. The SMILES string of the molecule is CCC(Br)C(=O)Nc1ccc(F)c(C(F)(F)F)c1. The van der Waals surface area contributed by atoms with Crippen molar-refractivity contribution in [3.63, 3.8) is 0 Å². The minimum atomic E-state index is -4.79. The number of hydrogen-bond donors (Lipinski definition) is 1. The highest BCUT2D eigenvalue weighted by Crippen LogP contribution is 2.33. The summed E-state index contributed by atoms with van der Waals surface area (Å²) in [5, 5.41) is 2.28. The minimum absolute atomic E-state index is 0.0911. The summed E-state index contributed by atoms with van der Waals surface area (Å²) in [6, 6.07) is 2.33. The Kier molecular flexibility index (Phi) is 4.72. The second kappa shape index (κ2) is 5.69. The summed E-state index contributed by atoms with van der Waals surface area (Å²) >= 11 is 3.06. The van der Waals surface area contributed by atoms with Crippen LogP contribution < -0.4 is 5.32 Å². The van der Waals surface area contributed by atoms with Gasteiger partial charge in [0.25, 0.3) is 0 Å². The summed E-state index contributed by atoms with van der Waals surface area (Å²) in [5.41, 5.74) is -1.49. The van der Waals surface area contributed by atoms with Gasteiger partial charge in [-0.05, 0) is 24.6 Å². The Morgan fingerprint density at radius 3 is 2.56 bits per heavy atom. The lowest BCUT2D eigenvalue weighted by Crippen LogP contribution is -2.22. The molecular weight excluding hydrogens is 318 g/mol. The Hall–Kier alpha value is -1.11. The molecule has 1 N–H and O–H groups in total. The van der Waals surface area contributed by atoms with Crippen molar-refractivity contribution in [3.8, 4) is 0 Å². The summed E-state index contributed by atoms with van der Waals surface area (Å²) in [4.78, 5) is 11.0. The summed E-state index contributed by atoms with van der Waals surface area (Å²) < 4.78 is 50.3. The zero-order valence-electron chi connectivity index (χ0n) is 9.31. The van der Waals surface area contributed by atoms with E-state index in [1.165, 1.54) is 0 Å². The van der Waals surface area contributed by atoms with Crippen molar-refractivity contribution >= 4 is 27.5 Å². The third-order valence-electron chi connectivity index (χ3n) is 2.18. The predicted octanol–water partition coefficient (Wildman–Crippen LogP) is 3.96. The topological polar surface area (TPSA) is 29.1 Å². The number of halogens is 5. The molecule has 0 saturated carbocycles. The van der Waals surface area contributed by atoms with Crippen LogP contribution in [0, 0.1) is 5.82 Å². The fourth-order valence-corrected chi connectivity index (χ4v) is 1.34. The van der Waals surface area contributed by atoms with Gasteiger partial charge in [0.15, 0.2) is 0 Å². The molecule has 1 aromatic carbocycles. The van der Waals surface area contributed by atoms with Gasteiger partial charge in [-0.15, -0.1) is 0 Å². The number of benzene rings is 1. The first-order valence-electron chi connectivity index (χ1n) is 5.07. The Balaban J connectivity index is 2.96. The molecule has 1 amide bonds. The zero-order chi connectivity index (χ0) is 13.9. The molecule has 7 heteroatoms. The fraction of sp³-hybridized carbons (Fsp3) is 0.364. The van der Waals surface area contributed by atoms with Crippen LogP contribution >= 0.6 is 15.9 Å². The first kappa shape index (κ1) is 14.9. The maximum Gasteiger partial charge on any atom is 0.419 e. The van der Waals surface area contributed by atoms with Gasteiger partial charge in [0, 0.05) is 5.69 Å². The number of anilines is 1. The van der Waals surface area contributed by atoms with Crippen molar-refractivity contribution in [2.24, 2.45) is 0 Å². The van der Waals surface area contributed by atoms with Crippen molar-refractivity contribution in [1.82, 2.24) is 0 Å². The monoisotopic (exact) mass is 327 g/mol. The molecule has 1 unspecified atom stereocenters. The van der Waals surface area contributed by atoms with Crippen molar-refractivity contribution in [2.75, 3.05) is 5.32 Å². The maximum atomic E-state index is 13.0. The number of rotatable bonds is 3. The van der Waals surface area contributed by atoms with E-state index in [1.54, 1.807) is 6.92 Å². The molecule has 1 rings (SSSR count). The number of carbonyl (C=O) groups excluding carboxylic acids is 1. The van der Waals surface area contributed by atoms with Crippen molar-refractivity contribution in [3.05, 3.63) is 29.6 Å². The van der Waals surface area contributed by atoms with Gasteiger partial charge in [0.2, 0.25) is 5.91 Å². The van der Waals surface area contributed by atoms with E-state index in [4.69, 9.17) is 0 Å². The number of hydrogen-bond acceptors (Lipinski definition) is 1. The molecule has 0 spiro atoms. The van der Waals surface area contributed by atoms with Gasteiger partial charge in [0.05, 0.1) is 10.4 Å². The number of amides is 1. The lowest BCUT2D eigenvalue weighted by atomic mass is 10.1. The van der Waals surface area contributed by atoms with Gasteiger partial charge in [-0.2, -0.15) is 13.2 Å². The molecule has 0 saturated heterocycles. The second-order valence-electron chi connectivity index (χ2n) is 3.56. The lowest BCUT2D eigenvalue weighted by Gasteiger charge is -2.12. The fourth-order valence-electron chi connectivity index (χ4n) is 1.23. The average Bonchev–Trinajstić information content (AvgIpc) is 2.29. The standard InChI is InChI=1S/C11H10BrF4NO/c1-2-8(12)10(18)17-6-3-4-9(13)7(5-6)11(14,15)16/h3-5,8H,2H2,1H3,(H,17,18). The molecule has 0 aliphatic carbocycles. The summed E-state index contributed by atoms with van der Waals surface area (Å²) in [7, 11) is 0. The second-order valence-corrected chi connectivity index (χ2v) is 4.66. The van der Waals surface area contributed by atoms with Crippen molar-refractivity contribution < 1.29 is 22.4 Å². The summed E-state index contributed by atoms with van der Waals surface area (Å²) in [6.07, 6.45) is -4.30. The molecule has 1 atom stereocenters. The molecule has 18 heavy (non-hydrogen) atoms. The quantitative estimate of drug-likeness (QED) is 0.660. The molecule has 0 heterocycles. The minimum Gasteiger partial charge on any atom is -0.325 e. The molecule has 0 bridgehead atoms. The largest absolute Gasteiger partial charge is 0.419 e. The van der Waals surface area contributed by atoms with Gasteiger partial charge in [0.1, 0.15) is 5.82 Å². The lowest BCUT2D eigenvalue weighted by molar-refractivity contribution is -0.140. The molecular formula is C11H10BrF4NO. The van der Waals surface area contributed by atoms with E-state index >= 15 is 0 Å². The molecule has 100 valence electrons. The van der Waals surface area contributed by atoms with Gasteiger partial charge in [-0.1, -0.05) is 22.9 Å². The van der Waals surface area contributed by atoms with E-state index < -0.39 is 28.3 Å². The van der Waals surface area contributed by atoms with Gasteiger partial charge >= 0.3 is 6.18 Å². The van der Waals surface area contributed by atoms with E-state index in [0.717, 1.165) is 6.07 Å². The molecule has 0 aromatic heterocycles. The molecule has 0 radical (unpaired) electrons. The average molecular weight is 328 g/mol. The van der Waals surface area contributed by atoms with Crippen molar-refractivity contribution in [2.45, 2.75) is 24.3 Å². The molecule has 0 aliphatic rings. The Morgan fingerprint density at radius 1 is 1.44 bits per heavy atom. The highest BCUT2D eigenvalue weighted by atomic mass is 79.9. The smallest absolute Gasteiger partial charge is 0.325 e. The van der Waals surface area contributed by atoms with Gasteiger partial charge < -0.3 is 5.32 Å². The van der Waals surface area contributed by atoms with Crippen LogP contribution in [0.15, 0.2) is 18.2 Å². The zero-order valence-corrected chi connectivity index (χ0v) is 10.9. The normalized spacial score (nSPS) is 13.2. The third-order valence-corrected chi connectivity index (χ3v) is 3.25. The Labute approximate surface area is 109 Å². The molecule has 0 aliphatic heterocycles. The van der Waals surface area contributed by atoms with Crippen LogP contribution in [0.1, 0.15) is 18.9 Å². The number of alkyl halides is 4. The first-order chi connectivity index (χ1) is 8.25. The summed E-state index contributed by atoms with van der Waals surface area (Å²) in [6.45, 7) is 1.74. The van der Waals surface area contributed by atoms with Crippen LogP contribution in [-0.2, 0) is 11.0 Å². The van der Waals surface area contributed by atoms with Crippen LogP contribution in [-0.4, -0.2) is 10.7 Å². The van der Waals surface area contributed by atoms with Crippen LogP contribution in [0.2, 0.25) is 0 Å². The maximum absolute atomic E-state index is 13.0. The van der Waals surface area contributed by atoms with E-state index in [9.17, 15) is 22.4 Å². The van der Waals surface area contributed by atoms with Crippen LogP contribution in [0.4, 0.5) is 23.2 Å². The van der Waals surface area contributed by atoms with Gasteiger partial charge in [-0.3, -0.25) is 4.79 Å². The van der Waals surface area contributed by atoms with Gasteiger partial charge in [-0.25, -0.2) is 4.39 Å². The predicted molar refractivity (Wildman–Crippen MR) is 63.0 cm³/mol. The van der Waals surface area contributed by atoms with Crippen molar-refractivity contribution in [1.29, 1.82) is 0 Å². The third kappa shape index (κ3) is 3.69. The molecule has 2 nitrogen and oxygen atoms in total. The van der Waals surface area contributed by atoms with Crippen LogP contribution in [0.25, 0.3) is 0 Å². The van der Waals surface area contributed by atoms with Crippen LogP contribution in [0.3, 0.4) is 0 Å². The highest BCUT2D eigenvalue weighted by Gasteiger charge is 2.34. The van der Waals surface area contributed by atoms with E-state index in [1.807, 2.05) is 0 Å².